The van der Waals surface area contributed by atoms with Crippen LogP contribution in [0.5, 0.6) is 11.5 Å². The molecular formula is C20H21N3O6S2. The molecule has 0 aliphatic rings. The molecule has 9 nitrogen and oxygen atoms in total. The molecule has 0 saturated carbocycles. The van der Waals surface area contributed by atoms with Crippen molar-refractivity contribution in [3.05, 3.63) is 54.6 Å². The molecule has 0 radical (unpaired) electrons. The SMILES string of the molecule is CCS(=O)(=O)c1ccc(-c2cccc(NS(=O)(=O)c3cc(OC)ccc3OC)c2)nn1. The van der Waals surface area contributed by atoms with Crippen molar-refractivity contribution in [2.75, 3.05) is 24.7 Å². The van der Waals surface area contributed by atoms with Gasteiger partial charge in [-0.05, 0) is 36.4 Å². The van der Waals surface area contributed by atoms with E-state index in [0.717, 1.165) is 0 Å². The van der Waals surface area contributed by atoms with Gasteiger partial charge in [-0.15, -0.1) is 10.2 Å². The van der Waals surface area contributed by atoms with Crippen LogP contribution in [0.3, 0.4) is 0 Å². The Morgan fingerprint density at radius 2 is 1.68 bits per heavy atom. The minimum absolute atomic E-state index is 0.0753. The predicted molar refractivity (Wildman–Crippen MR) is 116 cm³/mol. The van der Waals surface area contributed by atoms with Crippen molar-refractivity contribution < 1.29 is 26.3 Å². The second-order valence-corrected chi connectivity index (χ2v) is 10.2. The second-order valence-electron chi connectivity index (χ2n) is 6.36. The zero-order valence-corrected chi connectivity index (χ0v) is 18.7. The molecule has 3 rings (SSSR count). The zero-order chi connectivity index (χ0) is 22.6. The number of ether oxygens (including phenoxy) is 2. The summed E-state index contributed by atoms with van der Waals surface area (Å²) in [5.41, 5.74) is 1.25. The third-order valence-corrected chi connectivity index (χ3v) is 7.43. The molecule has 1 N–H and O–H groups in total. The summed E-state index contributed by atoms with van der Waals surface area (Å²) < 4.78 is 62.5. The molecule has 0 saturated heterocycles. The Balaban J connectivity index is 1.92. The van der Waals surface area contributed by atoms with Crippen LogP contribution in [-0.2, 0) is 19.9 Å². The normalized spacial score (nSPS) is 11.7. The van der Waals surface area contributed by atoms with Gasteiger partial charge in [-0.2, -0.15) is 0 Å². The van der Waals surface area contributed by atoms with E-state index < -0.39 is 19.9 Å². The van der Waals surface area contributed by atoms with Crippen LogP contribution in [0.25, 0.3) is 11.3 Å². The van der Waals surface area contributed by atoms with Crippen molar-refractivity contribution in [1.29, 1.82) is 0 Å². The van der Waals surface area contributed by atoms with Crippen LogP contribution in [0.2, 0.25) is 0 Å². The Kier molecular flexibility index (Phi) is 6.46. The number of sulfonamides is 1. The predicted octanol–water partition coefficient (Wildman–Crippen LogP) is 2.76. The number of rotatable bonds is 8. The Morgan fingerprint density at radius 1 is 0.903 bits per heavy atom. The molecule has 0 unspecified atom stereocenters. The van der Waals surface area contributed by atoms with Crippen LogP contribution in [0, 0.1) is 0 Å². The molecule has 11 heteroatoms. The van der Waals surface area contributed by atoms with E-state index in [2.05, 4.69) is 14.9 Å². The molecule has 0 aliphatic heterocycles. The third-order valence-electron chi connectivity index (χ3n) is 4.41. The van der Waals surface area contributed by atoms with Gasteiger partial charge in [-0.3, -0.25) is 4.72 Å². The molecule has 31 heavy (non-hydrogen) atoms. The molecule has 0 spiro atoms. The first-order chi connectivity index (χ1) is 14.7. The number of hydrogen-bond acceptors (Lipinski definition) is 8. The molecule has 0 fully saturated rings. The number of hydrogen-bond donors (Lipinski definition) is 1. The van der Waals surface area contributed by atoms with Gasteiger partial charge in [0.25, 0.3) is 10.0 Å². The van der Waals surface area contributed by atoms with Crippen LogP contribution >= 0.6 is 0 Å². The highest BCUT2D eigenvalue weighted by Crippen LogP contribution is 2.30. The molecule has 164 valence electrons. The largest absolute Gasteiger partial charge is 0.497 e. The number of nitrogens with zero attached hydrogens (tertiary/aromatic N) is 2. The molecule has 1 aromatic heterocycles. The van der Waals surface area contributed by atoms with Gasteiger partial charge in [-0.1, -0.05) is 19.1 Å². The average Bonchev–Trinajstić information content (AvgIpc) is 2.78. The van der Waals surface area contributed by atoms with Gasteiger partial charge in [0.05, 0.1) is 25.7 Å². The number of methoxy groups -OCH3 is 2. The summed E-state index contributed by atoms with van der Waals surface area (Å²) >= 11 is 0. The van der Waals surface area contributed by atoms with Crippen LogP contribution < -0.4 is 14.2 Å². The van der Waals surface area contributed by atoms with E-state index in [-0.39, 0.29) is 27.1 Å². The fourth-order valence-corrected chi connectivity index (χ4v) is 4.71. The lowest BCUT2D eigenvalue weighted by Gasteiger charge is -2.13. The van der Waals surface area contributed by atoms with Crippen LogP contribution in [-0.4, -0.2) is 47.0 Å². The molecular weight excluding hydrogens is 442 g/mol. The van der Waals surface area contributed by atoms with E-state index in [1.807, 2.05) is 0 Å². The fourth-order valence-electron chi connectivity index (χ4n) is 2.73. The lowest BCUT2D eigenvalue weighted by Crippen LogP contribution is -2.14. The van der Waals surface area contributed by atoms with E-state index >= 15 is 0 Å². The van der Waals surface area contributed by atoms with E-state index in [4.69, 9.17) is 9.47 Å². The van der Waals surface area contributed by atoms with E-state index in [1.54, 1.807) is 30.3 Å². The van der Waals surface area contributed by atoms with E-state index in [0.29, 0.717) is 17.0 Å². The number of aromatic nitrogens is 2. The number of nitrogens with one attached hydrogen (secondary N) is 1. The lowest BCUT2D eigenvalue weighted by atomic mass is 10.1. The lowest BCUT2D eigenvalue weighted by molar-refractivity contribution is 0.392. The summed E-state index contributed by atoms with van der Waals surface area (Å²) in [4.78, 5) is -0.0753. The van der Waals surface area contributed by atoms with Crippen molar-refractivity contribution in [2.24, 2.45) is 0 Å². The highest BCUT2D eigenvalue weighted by molar-refractivity contribution is 7.92. The molecule has 0 amide bonds. The van der Waals surface area contributed by atoms with Crippen molar-refractivity contribution in [3.63, 3.8) is 0 Å². The van der Waals surface area contributed by atoms with Gasteiger partial charge in [0.15, 0.2) is 14.9 Å². The molecule has 0 aliphatic carbocycles. The first kappa shape index (κ1) is 22.5. The smallest absolute Gasteiger partial charge is 0.265 e. The van der Waals surface area contributed by atoms with Crippen molar-refractivity contribution in [2.45, 2.75) is 16.8 Å². The Morgan fingerprint density at radius 3 is 2.29 bits per heavy atom. The first-order valence-corrected chi connectivity index (χ1v) is 12.3. The minimum Gasteiger partial charge on any atom is -0.497 e. The number of anilines is 1. The molecule has 0 bridgehead atoms. The van der Waals surface area contributed by atoms with Crippen molar-refractivity contribution in [3.8, 4) is 22.8 Å². The topological polar surface area (TPSA) is 125 Å². The Labute approximate surface area is 181 Å². The van der Waals surface area contributed by atoms with Crippen LogP contribution in [0.4, 0.5) is 5.69 Å². The highest BCUT2D eigenvalue weighted by Gasteiger charge is 2.21. The quantitative estimate of drug-likeness (QED) is 0.541. The van der Waals surface area contributed by atoms with E-state index in [1.165, 1.54) is 45.4 Å². The van der Waals surface area contributed by atoms with Gasteiger partial charge in [-0.25, -0.2) is 16.8 Å². The van der Waals surface area contributed by atoms with Crippen LogP contribution in [0.15, 0.2) is 64.5 Å². The highest BCUT2D eigenvalue weighted by atomic mass is 32.2. The maximum Gasteiger partial charge on any atom is 0.265 e. The number of sulfone groups is 1. The maximum atomic E-state index is 12.9. The third kappa shape index (κ3) is 4.94. The van der Waals surface area contributed by atoms with Gasteiger partial charge in [0.1, 0.15) is 16.4 Å². The average molecular weight is 464 g/mol. The van der Waals surface area contributed by atoms with Crippen molar-refractivity contribution in [1.82, 2.24) is 10.2 Å². The van der Waals surface area contributed by atoms with Crippen LogP contribution in [0.1, 0.15) is 6.92 Å². The Bertz CT molecular complexity index is 1290. The number of benzene rings is 2. The second kappa shape index (κ2) is 8.90. The Hall–Kier alpha value is -3.18. The standard InChI is InChI=1S/C20H21N3O6S2/c1-4-30(24,25)20-11-9-17(21-22-20)14-6-5-7-15(12-14)23-31(26,27)19-13-16(28-2)8-10-18(19)29-3/h5-13,23H,4H2,1-3H3. The molecule has 0 atom stereocenters. The molecule has 1 heterocycles. The van der Waals surface area contributed by atoms with Gasteiger partial charge in [0, 0.05) is 17.3 Å². The monoisotopic (exact) mass is 463 g/mol. The van der Waals surface area contributed by atoms with E-state index in [9.17, 15) is 16.8 Å². The summed E-state index contributed by atoms with van der Waals surface area (Å²) in [5.74, 6) is 0.460. The van der Waals surface area contributed by atoms with Gasteiger partial charge in [0.2, 0.25) is 0 Å². The van der Waals surface area contributed by atoms with Gasteiger partial charge >= 0.3 is 0 Å². The summed E-state index contributed by atoms with van der Waals surface area (Å²) in [6.07, 6.45) is 0. The summed E-state index contributed by atoms with van der Waals surface area (Å²) in [6, 6.07) is 13.9. The molecule has 3 aromatic rings. The van der Waals surface area contributed by atoms with Crippen molar-refractivity contribution >= 4 is 25.5 Å². The van der Waals surface area contributed by atoms with Gasteiger partial charge < -0.3 is 9.47 Å². The first-order valence-electron chi connectivity index (χ1n) is 9.12. The minimum atomic E-state index is -3.99. The summed E-state index contributed by atoms with van der Waals surface area (Å²) in [6.45, 7) is 1.53. The summed E-state index contributed by atoms with van der Waals surface area (Å²) in [7, 11) is -4.63. The fraction of sp³-hybridized carbons (Fsp3) is 0.200. The summed E-state index contributed by atoms with van der Waals surface area (Å²) in [5, 5.41) is 7.64. The maximum absolute atomic E-state index is 12.9. The molecule has 2 aromatic carbocycles. The zero-order valence-electron chi connectivity index (χ0n) is 17.1.